The van der Waals surface area contributed by atoms with Gasteiger partial charge in [0.2, 0.25) is 5.69 Å². The lowest BCUT2D eigenvalue weighted by atomic mass is 11.8. The van der Waals surface area contributed by atoms with Crippen molar-refractivity contribution in [1.82, 2.24) is 0 Å². The molecule has 0 rings (SSSR count). The van der Waals surface area contributed by atoms with Crippen molar-refractivity contribution < 1.29 is 8.74 Å². The van der Waals surface area contributed by atoms with Crippen molar-refractivity contribution >= 4 is 38.1 Å². The Labute approximate surface area is 73.8 Å². The molecule has 62 valence electrons. The molecule has 1 atom stereocenters. The molecule has 0 heterocycles. The molecule has 0 bridgehead atoms. The Balaban J connectivity index is 4.03. The fourth-order valence-corrected chi connectivity index (χ4v) is 7.67. The molecule has 0 radical (unpaired) electrons. The van der Waals surface area contributed by atoms with E-state index in [1.54, 1.807) is 0 Å². The lowest BCUT2D eigenvalue weighted by molar-refractivity contribution is 0.408. The average molecular weight is 216 g/mol. The van der Waals surface area contributed by atoms with Crippen LogP contribution in [0.25, 0.3) is 0 Å². The highest BCUT2D eigenvalue weighted by Gasteiger charge is 2.23. The summed E-state index contributed by atoms with van der Waals surface area (Å²) in [5, 5.41) is 0. The minimum absolute atomic E-state index is 1.54. The summed E-state index contributed by atoms with van der Waals surface area (Å²) in [5.74, 6) is 0. The highest BCUT2D eigenvalue weighted by Crippen LogP contribution is 2.54. The Kier molecular flexibility index (Phi) is 4.11. The zero-order valence-corrected chi connectivity index (χ0v) is 10.2. The van der Waals surface area contributed by atoms with Crippen molar-refractivity contribution in [1.29, 1.82) is 0 Å². The minimum Gasteiger partial charge on any atom is -0.364 e. The van der Waals surface area contributed by atoms with Crippen LogP contribution in [0.2, 0.25) is 19.6 Å². The van der Waals surface area contributed by atoms with Gasteiger partial charge in [0.25, 0.3) is 0 Å². The first kappa shape index (κ1) is 11.1. The van der Waals surface area contributed by atoms with E-state index in [-0.39, 0.29) is 0 Å². The molecule has 1 unspecified atom stereocenters. The van der Waals surface area contributed by atoms with Crippen molar-refractivity contribution in [2.24, 2.45) is 0 Å². The maximum atomic E-state index is 5.48. The van der Waals surface area contributed by atoms with Crippen LogP contribution >= 0.6 is 17.9 Å². The van der Waals surface area contributed by atoms with Gasteiger partial charge in [-0.15, -0.1) is 0 Å². The summed E-state index contributed by atoms with van der Waals surface area (Å²) in [4.78, 5) is 0. The monoisotopic (exact) mass is 216 g/mol. The van der Waals surface area contributed by atoms with Crippen LogP contribution in [0.4, 0.5) is 0 Å². The highest BCUT2D eigenvalue weighted by atomic mass is 32.9. The predicted molar refractivity (Wildman–Crippen MR) is 54.7 cm³/mol. The van der Waals surface area contributed by atoms with Crippen LogP contribution in [0.1, 0.15) is 0 Å². The van der Waals surface area contributed by atoms with Crippen LogP contribution in [0.5, 0.6) is 0 Å². The van der Waals surface area contributed by atoms with Crippen molar-refractivity contribution in [2.75, 3.05) is 7.11 Å². The van der Waals surface area contributed by atoms with Crippen LogP contribution in [0.3, 0.4) is 0 Å². The maximum absolute atomic E-state index is 5.48. The van der Waals surface area contributed by atoms with Gasteiger partial charge >= 0.3 is 0 Å². The van der Waals surface area contributed by atoms with Crippen molar-refractivity contribution in [2.45, 2.75) is 19.6 Å². The van der Waals surface area contributed by atoms with Crippen molar-refractivity contribution in [3.05, 3.63) is 0 Å². The Hall–Kier alpha value is 1.14. The molecule has 0 amide bonds. The van der Waals surface area contributed by atoms with Crippen molar-refractivity contribution in [3.63, 3.8) is 0 Å². The lowest BCUT2D eigenvalue weighted by Crippen LogP contribution is -2.22. The number of rotatable bonds is 3. The van der Waals surface area contributed by atoms with E-state index in [9.17, 15) is 0 Å². The summed E-state index contributed by atoms with van der Waals surface area (Å²) in [6.45, 7) is 6.18. The first-order chi connectivity index (χ1) is 4.27. The largest absolute Gasteiger partial charge is 0.364 e. The first-order valence-electron chi connectivity index (χ1n) is 2.86. The van der Waals surface area contributed by atoms with Gasteiger partial charge in [0.15, 0.2) is 8.32 Å². The molecular formula is C4H13O2PS2Si. The summed E-state index contributed by atoms with van der Waals surface area (Å²) in [7, 11) is -0.0341. The van der Waals surface area contributed by atoms with Crippen LogP contribution in [-0.2, 0) is 20.5 Å². The molecule has 0 aliphatic carbocycles. The molecule has 10 heavy (non-hydrogen) atoms. The topological polar surface area (TPSA) is 18.5 Å². The number of hydrogen-bond acceptors (Lipinski definition) is 3. The Morgan fingerprint density at radius 1 is 1.40 bits per heavy atom. The zero-order chi connectivity index (χ0) is 8.41. The molecular weight excluding hydrogens is 203 g/mol. The normalized spacial score (nSPS) is 18.5. The second-order valence-electron chi connectivity index (χ2n) is 2.85. The van der Waals surface area contributed by atoms with E-state index in [4.69, 9.17) is 20.5 Å². The minimum atomic E-state index is -2.21. The summed E-state index contributed by atoms with van der Waals surface area (Å²) in [5.41, 5.74) is -2.21. The molecule has 0 saturated carbocycles. The molecule has 2 nitrogen and oxygen atoms in total. The van der Waals surface area contributed by atoms with Crippen LogP contribution in [-0.4, -0.2) is 15.4 Å². The van der Waals surface area contributed by atoms with Crippen molar-refractivity contribution in [3.8, 4) is 0 Å². The predicted octanol–water partition coefficient (Wildman–Crippen LogP) is 2.64. The second kappa shape index (κ2) is 3.69. The van der Waals surface area contributed by atoms with E-state index in [0.29, 0.717) is 0 Å². The average Bonchev–Trinajstić information content (AvgIpc) is 1.60. The van der Waals surface area contributed by atoms with Crippen LogP contribution < -0.4 is 0 Å². The third kappa shape index (κ3) is 5.89. The van der Waals surface area contributed by atoms with E-state index < -0.39 is 14.0 Å². The molecule has 0 aliphatic heterocycles. The van der Waals surface area contributed by atoms with Gasteiger partial charge in [-0.2, -0.15) is 0 Å². The van der Waals surface area contributed by atoms with Gasteiger partial charge in [0.1, 0.15) is 0 Å². The summed E-state index contributed by atoms with van der Waals surface area (Å²) in [6, 6.07) is 0. The summed E-state index contributed by atoms with van der Waals surface area (Å²) in [6.07, 6.45) is 0. The molecule has 0 aliphatic rings. The number of hydrogen-bond donors (Lipinski definition) is 1. The van der Waals surface area contributed by atoms with Gasteiger partial charge < -0.3 is 8.74 Å². The fraction of sp³-hybridized carbons (Fsp3) is 1.00. The lowest BCUT2D eigenvalue weighted by Gasteiger charge is -2.23. The summed E-state index contributed by atoms with van der Waals surface area (Å²) < 4.78 is 10.4. The van der Waals surface area contributed by atoms with Gasteiger partial charge in [-0.1, -0.05) is 12.2 Å². The molecule has 0 fully saturated rings. The third-order valence-corrected chi connectivity index (χ3v) is 6.54. The molecule has 0 saturated heterocycles. The quantitative estimate of drug-likeness (QED) is 0.444. The fourth-order valence-electron chi connectivity index (χ4n) is 0.383. The van der Waals surface area contributed by atoms with E-state index in [1.807, 2.05) is 0 Å². The number of thiol groups is 1. The molecule has 0 spiro atoms. The maximum Gasteiger partial charge on any atom is 0.234 e. The van der Waals surface area contributed by atoms with Gasteiger partial charge in [0.05, 0.1) is 0 Å². The van der Waals surface area contributed by atoms with Gasteiger partial charge in [-0.25, -0.2) is 0 Å². The van der Waals surface area contributed by atoms with Gasteiger partial charge in [-0.3, -0.25) is 0 Å². The SMILES string of the molecule is COP(=S)(S)O[Si](C)(C)C. The Morgan fingerprint density at radius 2 is 1.80 bits per heavy atom. The summed E-state index contributed by atoms with van der Waals surface area (Å²) >= 11 is 9.05. The van der Waals surface area contributed by atoms with Gasteiger partial charge in [0, 0.05) is 7.11 Å². The standard InChI is InChI=1S/C4H13O2PS2Si/c1-5-7(8,9)6-10(2,3)4/h1-4H3,(H,8,9). The van der Waals surface area contributed by atoms with E-state index in [1.165, 1.54) is 7.11 Å². The molecule has 0 N–H and O–H groups in total. The zero-order valence-electron chi connectivity index (χ0n) is 6.62. The highest BCUT2D eigenvalue weighted by molar-refractivity contribution is 8.60. The molecule has 0 aromatic heterocycles. The third-order valence-electron chi connectivity index (χ3n) is 0.620. The Morgan fingerprint density at radius 3 is 1.90 bits per heavy atom. The van der Waals surface area contributed by atoms with E-state index in [2.05, 4.69) is 31.9 Å². The molecule has 0 aromatic rings. The van der Waals surface area contributed by atoms with E-state index >= 15 is 0 Å². The second-order valence-corrected chi connectivity index (χ2v) is 12.9. The van der Waals surface area contributed by atoms with E-state index in [0.717, 1.165) is 0 Å². The molecule has 6 heteroatoms. The van der Waals surface area contributed by atoms with Gasteiger partial charge in [-0.05, 0) is 31.4 Å². The first-order valence-corrected chi connectivity index (χ1v) is 10.1. The van der Waals surface area contributed by atoms with Crippen LogP contribution in [0, 0.1) is 0 Å². The molecule has 0 aromatic carbocycles. The van der Waals surface area contributed by atoms with Crippen LogP contribution in [0.15, 0.2) is 0 Å². The smallest absolute Gasteiger partial charge is 0.234 e. The Bertz CT molecular complexity index is 156.